The molecule has 2 heterocycles. The fourth-order valence-corrected chi connectivity index (χ4v) is 4.39. The summed E-state index contributed by atoms with van der Waals surface area (Å²) in [6, 6.07) is 6.62. The number of hydrogen-bond donors (Lipinski definition) is 2. The molecule has 33 heavy (non-hydrogen) atoms. The van der Waals surface area contributed by atoms with Gasteiger partial charge in [-0.1, -0.05) is 12.1 Å². The minimum absolute atomic E-state index is 0. The fraction of sp³-hybridized carbons (Fsp3) is 0.720. The molecule has 2 aliphatic rings. The maximum absolute atomic E-state index is 5.84. The number of piperazine rings is 1. The molecule has 0 aliphatic carbocycles. The van der Waals surface area contributed by atoms with E-state index in [0.717, 1.165) is 97.5 Å². The van der Waals surface area contributed by atoms with Crippen molar-refractivity contribution in [3.05, 3.63) is 29.3 Å². The van der Waals surface area contributed by atoms with E-state index in [2.05, 4.69) is 57.5 Å². The predicted molar refractivity (Wildman–Crippen MR) is 148 cm³/mol. The van der Waals surface area contributed by atoms with Crippen molar-refractivity contribution in [1.29, 1.82) is 0 Å². The Morgan fingerprint density at radius 1 is 1.09 bits per heavy atom. The molecule has 0 unspecified atom stereocenters. The number of aryl methyl sites for hydroxylation is 1. The quantitative estimate of drug-likeness (QED) is 0.194. The van der Waals surface area contributed by atoms with Gasteiger partial charge in [0.15, 0.2) is 5.96 Å². The lowest BCUT2D eigenvalue weighted by Crippen LogP contribution is -2.49. The third kappa shape index (κ3) is 9.58. The highest BCUT2D eigenvalue weighted by molar-refractivity contribution is 14.0. The van der Waals surface area contributed by atoms with E-state index in [1.54, 1.807) is 0 Å². The van der Waals surface area contributed by atoms with E-state index in [-0.39, 0.29) is 24.0 Å². The van der Waals surface area contributed by atoms with Crippen LogP contribution in [0.5, 0.6) is 0 Å². The third-order valence-electron chi connectivity index (χ3n) is 6.69. The highest BCUT2D eigenvalue weighted by Gasteiger charge is 2.18. The Balaban J connectivity index is 0.00000385. The zero-order valence-electron chi connectivity index (χ0n) is 20.8. The van der Waals surface area contributed by atoms with E-state index in [1.807, 2.05) is 7.05 Å². The summed E-state index contributed by atoms with van der Waals surface area (Å²) in [5, 5.41) is 6.85. The lowest BCUT2D eigenvalue weighted by Gasteiger charge is -2.37. The summed E-state index contributed by atoms with van der Waals surface area (Å²) in [4.78, 5) is 9.40. The second-order valence-corrected chi connectivity index (χ2v) is 8.96. The van der Waals surface area contributed by atoms with Gasteiger partial charge in [0.1, 0.15) is 0 Å². The van der Waals surface area contributed by atoms with Crippen LogP contribution in [-0.4, -0.2) is 90.1 Å². The molecular weight excluding hydrogens is 529 g/mol. The van der Waals surface area contributed by atoms with Gasteiger partial charge in [-0.15, -0.1) is 24.0 Å². The molecule has 1 aromatic carbocycles. The molecule has 0 radical (unpaired) electrons. The SMILES string of the molecule is CN=C(NCCCOCC1CCOCC1)NCCN1CCN(c2cccc(C)c2C)CC1.I. The van der Waals surface area contributed by atoms with Crippen LogP contribution in [0.15, 0.2) is 23.2 Å². The number of guanidine groups is 1. The smallest absolute Gasteiger partial charge is 0.191 e. The predicted octanol–water partition coefficient (Wildman–Crippen LogP) is 3.04. The van der Waals surface area contributed by atoms with Crippen molar-refractivity contribution in [3.8, 4) is 0 Å². The molecule has 8 heteroatoms. The second-order valence-electron chi connectivity index (χ2n) is 8.96. The third-order valence-corrected chi connectivity index (χ3v) is 6.69. The number of hydrogen-bond acceptors (Lipinski definition) is 5. The lowest BCUT2D eigenvalue weighted by atomic mass is 10.0. The molecule has 2 N–H and O–H groups in total. The molecule has 0 saturated carbocycles. The monoisotopic (exact) mass is 573 g/mol. The Kier molecular flexibility index (Phi) is 13.4. The maximum atomic E-state index is 5.84. The normalized spacial score (nSPS) is 18.2. The van der Waals surface area contributed by atoms with Crippen LogP contribution in [-0.2, 0) is 9.47 Å². The summed E-state index contributed by atoms with van der Waals surface area (Å²) in [5.41, 5.74) is 4.18. The van der Waals surface area contributed by atoms with Crippen molar-refractivity contribution in [2.24, 2.45) is 10.9 Å². The van der Waals surface area contributed by atoms with Crippen LogP contribution in [0.2, 0.25) is 0 Å². The largest absolute Gasteiger partial charge is 0.381 e. The molecule has 1 aromatic rings. The number of anilines is 1. The van der Waals surface area contributed by atoms with Gasteiger partial charge in [-0.2, -0.15) is 0 Å². The molecule has 2 fully saturated rings. The molecule has 2 aliphatic heterocycles. The Bertz CT molecular complexity index is 704. The van der Waals surface area contributed by atoms with Crippen LogP contribution in [0.3, 0.4) is 0 Å². The first kappa shape index (κ1) is 28.1. The molecule has 0 amide bonds. The number of ether oxygens (including phenoxy) is 2. The molecule has 0 atom stereocenters. The Morgan fingerprint density at radius 3 is 2.55 bits per heavy atom. The minimum Gasteiger partial charge on any atom is -0.381 e. The van der Waals surface area contributed by atoms with Gasteiger partial charge in [-0.05, 0) is 56.2 Å². The summed E-state index contributed by atoms with van der Waals surface area (Å²) in [5.74, 6) is 1.55. The number of nitrogens with one attached hydrogen (secondary N) is 2. The van der Waals surface area contributed by atoms with Gasteiger partial charge in [-0.25, -0.2) is 0 Å². The summed E-state index contributed by atoms with van der Waals surface area (Å²) < 4.78 is 11.2. The Labute approximate surface area is 217 Å². The maximum Gasteiger partial charge on any atom is 0.191 e. The Hall–Kier alpha value is -1.10. The zero-order chi connectivity index (χ0) is 22.6. The van der Waals surface area contributed by atoms with Crippen LogP contribution < -0.4 is 15.5 Å². The number of rotatable bonds is 10. The van der Waals surface area contributed by atoms with E-state index < -0.39 is 0 Å². The van der Waals surface area contributed by atoms with Gasteiger partial charge in [0.05, 0.1) is 0 Å². The van der Waals surface area contributed by atoms with Crippen molar-refractivity contribution < 1.29 is 9.47 Å². The highest BCUT2D eigenvalue weighted by Crippen LogP contribution is 2.23. The first-order valence-electron chi connectivity index (χ1n) is 12.3. The first-order valence-corrected chi connectivity index (χ1v) is 12.3. The topological polar surface area (TPSA) is 61.4 Å². The van der Waals surface area contributed by atoms with Crippen molar-refractivity contribution in [1.82, 2.24) is 15.5 Å². The van der Waals surface area contributed by atoms with E-state index in [1.165, 1.54) is 16.8 Å². The van der Waals surface area contributed by atoms with Crippen LogP contribution in [0.1, 0.15) is 30.4 Å². The van der Waals surface area contributed by atoms with Gasteiger partial charge in [0.25, 0.3) is 0 Å². The fourth-order valence-electron chi connectivity index (χ4n) is 4.39. The van der Waals surface area contributed by atoms with Crippen LogP contribution >= 0.6 is 24.0 Å². The van der Waals surface area contributed by atoms with Crippen LogP contribution in [0.25, 0.3) is 0 Å². The zero-order valence-corrected chi connectivity index (χ0v) is 23.1. The van der Waals surface area contributed by atoms with Crippen molar-refractivity contribution in [3.63, 3.8) is 0 Å². The van der Waals surface area contributed by atoms with Gasteiger partial charge < -0.3 is 25.0 Å². The average Bonchev–Trinajstić information content (AvgIpc) is 2.83. The summed E-state index contributed by atoms with van der Waals surface area (Å²) in [6.07, 6.45) is 3.26. The molecular formula is C25H44IN5O2. The van der Waals surface area contributed by atoms with E-state index >= 15 is 0 Å². The lowest BCUT2D eigenvalue weighted by molar-refractivity contribution is 0.0203. The summed E-state index contributed by atoms with van der Waals surface area (Å²) in [6.45, 7) is 15.1. The standard InChI is InChI=1S/C25H43N5O2.HI/c1-21-6-4-7-24(22(21)2)30-15-13-29(14-16-30)12-11-28-25(26-3)27-10-5-17-32-20-23-8-18-31-19-9-23;/h4,6-7,23H,5,8-20H2,1-3H3,(H2,26,27,28);1H. The van der Waals surface area contributed by atoms with E-state index in [4.69, 9.17) is 9.47 Å². The molecule has 0 aromatic heterocycles. The number of benzene rings is 1. The number of nitrogens with zero attached hydrogens (tertiary/aromatic N) is 3. The van der Waals surface area contributed by atoms with Gasteiger partial charge in [0.2, 0.25) is 0 Å². The van der Waals surface area contributed by atoms with E-state index in [0.29, 0.717) is 5.92 Å². The van der Waals surface area contributed by atoms with Gasteiger partial charge >= 0.3 is 0 Å². The minimum atomic E-state index is 0. The van der Waals surface area contributed by atoms with Crippen molar-refractivity contribution in [2.75, 3.05) is 84.2 Å². The molecule has 2 saturated heterocycles. The first-order chi connectivity index (χ1) is 15.7. The highest BCUT2D eigenvalue weighted by atomic mass is 127. The van der Waals surface area contributed by atoms with Gasteiger partial charge in [0, 0.05) is 85.0 Å². The van der Waals surface area contributed by atoms with E-state index in [9.17, 15) is 0 Å². The van der Waals surface area contributed by atoms with Gasteiger partial charge in [-0.3, -0.25) is 9.89 Å². The average molecular weight is 574 g/mol. The van der Waals surface area contributed by atoms with Crippen LogP contribution in [0.4, 0.5) is 5.69 Å². The molecule has 0 bridgehead atoms. The van der Waals surface area contributed by atoms with Crippen molar-refractivity contribution >= 4 is 35.6 Å². The molecule has 188 valence electrons. The summed E-state index contributed by atoms with van der Waals surface area (Å²) in [7, 11) is 1.83. The number of aliphatic imine (C=N–C) groups is 1. The summed E-state index contributed by atoms with van der Waals surface area (Å²) >= 11 is 0. The number of halogens is 1. The van der Waals surface area contributed by atoms with Crippen LogP contribution in [0, 0.1) is 19.8 Å². The molecule has 0 spiro atoms. The van der Waals surface area contributed by atoms with Crippen molar-refractivity contribution in [2.45, 2.75) is 33.1 Å². The Morgan fingerprint density at radius 2 is 1.82 bits per heavy atom. The molecule has 7 nitrogen and oxygen atoms in total. The molecule has 3 rings (SSSR count). The second kappa shape index (κ2) is 15.7.